The lowest BCUT2D eigenvalue weighted by Crippen LogP contribution is -2.28. The number of aromatic nitrogens is 1. The molecule has 166 valence electrons. The van der Waals surface area contributed by atoms with Crippen LogP contribution >= 0.6 is 45.9 Å². The number of amides is 1. The normalized spacial score (nSPS) is 17.8. The van der Waals surface area contributed by atoms with E-state index >= 15 is 0 Å². The third kappa shape index (κ3) is 3.69. The molecule has 1 unspecified atom stereocenters. The Morgan fingerprint density at radius 1 is 1.12 bits per heavy atom. The number of hydrogen-bond acceptors (Lipinski definition) is 7. The van der Waals surface area contributed by atoms with Crippen molar-refractivity contribution >= 4 is 78.7 Å². The summed E-state index contributed by atoms with van der Waals surface area (Å²) in [5.41, 5.74) is 0.823. The third-order valence-electron chi connectivity index (χ3n) is 5.22. The van der Waals surface area contributed by atoms with Crippen molar-refractivity contribution in [3.05, 3.63) is 80.0 Å². The van der Waals surface area contributed by atoms with Gasteiger partial charge in [0.15, 0.2) is 5.13 Å². The van der Waals surface area contributed by atoms with Crippen LogP contribution in [0.2, 0.25) is 10.0 Å². The van der Waals surface area contributed by atoms with Gasteiger partial charge in [-0.2, -0.15) is 0 Å². The zero-order valence-corrected chi connectivity index (χ0v) is 20.1. The number of anilines is 1. The Morgan fingerprint density at radius 2 is 1.88 bits per heavy atom. The van der Waals surface area contributed by atoms with Gasteiger partial charge in [0.2, 0.25) is 0 Å². The average Bonchev–Trinajstić information content (AvgIpc) is 3.52. The number of methoxy groups -OCH3 is 1. The highest BCUT2D eigenvalue weighted by molar-refractivity contribution is 7.22. The minimum atomic E-state index is -0.857. The Morgan fingerprint density at radius 3 is 2.61 bits per heavy atom. The molecule has 10 heteroatoms. The fourth-order valence-corrected chi connectivity index (χ4v) is 6.01. The first-order valence-electron chi connectivity index (χ1n) is 9.63. The molecule has 4 aromatic rings. The number of hydrogen-bond donors (Lipinski definition) is 1. The number of rotatable bonds is 4. The van der Waals surface area contributed by atoms with E-state index in [9.17, 15) is 14.7 Å². The highest BCUT2D eigenvalue weighted by Gasteiger charge is 2.48. The van der Waals surface area contributed by atoms with E-state index in [1.165, 1.54) is 40.7 Å². The molecule has 2 aromatic carbocycles. The van der Waals surface area contributed by atoms with E-state index < -0.39 is 17.7 Å². The standard InChI is InChI=1S/C23H14Cl2N2O4S2/c1-31-15-7-5-11(24)9-13(15)20(28)18-19(16-3-2-8-32-16)27(22(30)21(18)29)23-26-14-6-4-12(25)10-17(14)33-23/h2-10,19,28H,1H3/b20-18+. The number of halogens is 2. The number of ketones is 1. The van der Waals surface area contributed by atoms with E-state index in [0.29, 0.717) is 31.3 Å². The highest BCUT2D eigenvalue weighted by atomic mass is 35.5. The number of thiazole rings is 1. The van der Waals surface area contributed by atoms with Gasteiger partial charge in [0.1, 0.15) is 17.6 Å². The van der Waals surface area contributed by atoms with Crippen molar-refractivity contribution in [1.82, 2.24) is 4.98 Å². The molecule has 2 aromatic heterocycles. The number of fused-ring (bicyclic) bond motifs is 1. The molecule has 0 aliphatic carbocycles. The van der Waals surface area contributed by atoms with Crippen molar-refractivity contribution in [2.75, 3.05) is 12.0 Å². The van der Waals surface area contributed by atoms with Gasteiger partial charge in [-0.25, -0.2) is 4.98 Å². The summed E-state index contributed by atoms with van der Waals surface area (Å²) < 4.78 is 6.13. The topological polar surface area (TPSA) is 79.7 Å². The smallest absolute Gasteiger partial charge is 0.301 e. The zero-order valence-electron chi connectivity index (χ0n) is 16.9. The molecule has 1 N–H and O–H groups in total. The molecule has 1 aliphatic heterocycles. The third-order valence-corrected chi connectivity index (χ3v) is 7.63. The van der Waals surface area contributed by atoms with Crippen LogP contribution in [0.4, 0.5) is 5.13 Å². The van der Waals surface area contributed by atoms with E-state index in [-0.39, 0.29) is 16.9 Å². The first-order valence-corrected chi connectivity index (χ1v) is 12.1. The van der Waals surface area contributed by atoms with Gasteiger partial charge in [0.05, 0.1) is 28.5 Å². The van der Waals surface area contributed by atoms with Crippen LogP contribution in [0.25, 0.3) is 16.0 Å². The fourth-order valence-electron chi connectivity index (χ4n) is 3.75. The molecule has 1 aliphatic rings. The van der Waals surface area contributed by atoms with Crippen LogP contribution in [0.1, 0.15) is 16.5 Å². The Bertz CT molecular complexity index is 1450. The minimum absolute atomic E-state index is 0.0553. The van der Waals surface area contributed by atoms with Crippen molar-refractivity contribution in [3.8, 4) is 5.75 Å². The zero-order chi connectivity index (χ0) is 23.3. The fraction of sp³-hybridized carbons (Fsp3) is 0.0870. The summed E-state index contributed by atoms with van der Waals surface area (Å²) >= 11 is 14.9. The second-order valence-corrected chi connectivity index (χ2v) is 10.00. The Kier molecular flexibility index (Phi) is 5.62. The lowest BCUT2D eigenvalue weighted by Gasteiger charge is -2.21. The Labute approximate surface area is 206 Å². The first-order chi connectivity index (χ1) is 15.9. The largest absolute Gasteiger partial charge is 0.507 e. The molecule has 0 radical (unpaired) electrons. The van der Waals surface area contributed by atoms with Crippen molar-refractivity contribution in [2.24, 2.45) is 0 Å². The van der Waals surface area contributed by atoms with Crippen LogP contribution < -0.4 is 9.64 Å². The number of aliphatic hydroxyl groups excluding tert-OH is 1. The van der Waals surface area contributed by atoms with Crippen molar-refractivity contribution in [2.45, 2.75) is 6.04 Å². The molecule has 5 rings (SSSR count). The van der Waals surface area contributed by atoms with Crippen LogP contribution in [-0.2, 0) is 9.59 Å². The summed E-state index contributed by atoms with van der Waals surface area (Å²) in [6, 6.07) is 12.7. The number of Topliss-reactive ketones (excluding diaryl/α,β-unsaturated/α-hetero) is 1. The lowest BCUT2D eigenvalue weighted by atomic mass is 9.99. The SMILES string of the molecule is COc1ccc(Cl)cc1/C(O)=C1\C(=O)C(=O)N(c2nc3ccc(Cl)cc3s2)C1c1cccs1. The Hall–Kier alpha value is -2.91. The molecular formula is C23H14Cl2N2O4S2. The van der Waals surface area contributed by atoms with E-state index in [0.717, 1.165) is 4.70 Å². The van der Waals surface area contributed by atoms with Crippen molar-refractivity contribution < 1.29 is 19.4 Å². The number of thiophene rings is 1. The molecular weight excluding hydrogens is 503 g/mol. The van der Waals surface area contributed by atoms with Gasteiger partial charge in [-0.3, -0.25) is 14.5 Å². The molecule has 1 saturated heterocycles. The second-order valence-electron chi connectivity index (χ2n) is 7.14. The molecule has 1 amide bonds. The molecule has 0 bridgehead atoms. The maximum atomic E-state index is 13.2. The minimum Gasteiger partial charge on any atom is -0.507 e. The maximum Gasteiger partial charge on any atom is 0.301 e. The van der Waals surface area contributed by atoms with E-state index in [1.807, 2.05) is 11.4 Å². The second kappa shape index (κ2) is 8.46. The predicted octanol–water partition coefficient (Wildman–Crippen LogP) is 6.30. The number of ether oxygens (including phenoxy) is 1. The number of carbonyl (C=O) groups is 2. The summed E-state index contributed by atoms with van der Waals surface area (Å²) in [7, 11) is 1.45. The number of benzene rings is 2. The summed E-state index contributed by atoms with van der Waals surface area (Å²) in [6.07, 6.45) is 0. The van der Waals surface area contributed by atoms with Gasteiger partial charge in [0, 0.05) is 14.9 Å². The van der Waals surface area contributed by atoms with E-state index in [1.54, 1.807) is 36.4 Å². The first kappa shape index (κ1) is 21.9. The van der Waals surface area contributed by atoms with E-state index in [4.69, 9.17) is 27.9 Å². The Balaban J connectivity index is 1.74. The predicted molar refractivity (Wildman–Crippen MR) is 132 cm³/mol. The van der Waals surface area contributed by atoms with Gasteiger partial charge >= 0.3 is 5.91 Å². The molecule has 33 heavy (non-hydrogen) atoms. The van der Waals surface area contributed by atoms with Crippen molar-refractivity contribution in [1.29, 1.82) is 0 Å². The van der Waals surface area contributed by atoms with Gasteiger partial charge < -0.3 is 9.84 Å². The van der Waals surface area contributed by atoms with Crippen LogP contribution in [0, 0.1) is 0 Å². The van der Waals surface area contributed by atoms with Crippen LogP contribution in [0.5, 0.6) is 5.75 Å². The quantitative estimate of drug-likeness (QED) is 0.195. The van der Waals surface area contributed by atoms with Gasteiger partial charge in [-0.1, -0.05) is 40.6 Å². The molecule has 3 heterocycles. The van der Waals surface area contributed by atoms with E-state index in [2.05, 4.69) is 4.98 Å². The van der Waals surface area contributed by atoms with Gasteiger partial charge in [-0.05, 0) is 47.8 Å². The molecule has 0 saturated carbocycles. The van der Waals surface area contributed by atoms with Crippen molar-refractivity contribution in [3.63, 3.8) is 0 Å². The number of nitrogens with zero attached hydrogens (tertiary/aromatic N) is 2. The highest BCUT2D eigenvalue weighted by Crippen LogP contribution is 2.46. The molecule has 1 fully saturated rings. The maximum absolute atomic E-state index is 13.2. The van der Waals surface area contributed by atoms with Crippen LogP contribution in [0.3, 0.4) is 0 Å². The number of carbonyl (C=O) groups excluding carboxylic acids is 2. The summed E-state index contributed by atoms with van der Waals surface area (Å²) in [4.78, 5) is 33.1. The summed E-state index contributed by atoms with van der Waals surface area (Å²) in [5.74, 6) is -1.63. The lowest BCUT2D eigenvalue weighted by molar-refractivity contribution is -0.132. The monoisotopic (exact) mass is 516 g/mol. The molecule has 6 nitrogen and oxygen atoms in total. The summed E-state index contributed by atoms with van der Waals surface area (Å²) in [6.45, 7) is 0. The van der Waals surface area contributed by atoms with Gasteiger partial charge in [-0.15, -0.1) is 11.3 Å². The average molecular weight is 517 g/mol. The van der Waals surface area contributed by atoms with Crippen LogP contribution in [-0.4, -0.2) is 28.9 Å². The molecule has 0 spiro atoms. The summed E-state index contributed by atoms with van der Waals surface area (Å²) in [5, 5.41) is 14.3. The molecule has 1 atom stereocenters. The van der Waals surface area contributed by atoms with Gasteiger partial charge in [0.25, 0.3) is 5.78 Å². The number of aliphatic hydroxyl groups is 1. The van der Waals surface area contributed by atoms with Crippen LogP contribution in [0.15, 0.2) is 59.5 Å².